The van der Waals surface area contributed by atoms with Gasteiger partial charge in [-0.15, -0.1) is 0 Å². The van der Waals surface area contributed by atoms with Gasteiger partial charge in [-0.3, -0.25) is 9.59 Å². The zero-order valence-corrected chi connectivity index (χ0v) is 19.0. The molecule has 0 heterocycles. The molecule has 0 saturated heterocycles. The first kappa shape index (κ1) is 25.5. The van der Waals surface area contributed by atoms with Crippen LogP contribution in [0.15, 0.2) is 73.8 Å². The summed E-state index contributed by atoms with van der Waals surface area (Å²) in [6, 6.07) is 15.6. The third kappa shape index (κ3) is 10.9. The minimum atomic E-state index is -0.154. The molecular formula is C26H33N3O4. The van der Waals surface area contributed by atoms with Crippen LogP contribution in [0.4, 0.5) is 11.4 Å². The number of hydrogen-bond donors (Lipinski definition) is 3. The Balaban J connectivity index is 1.72. The maximum atomic E-state index is 11.1. The summed E-state index contributed by atoms with van der Waals surface area (Å²) in [6.45, 7) is 9.23. The molecule has 176 valence electrons. The Bertz CT molecular complexity index is 840. The molecule has 2 rings (SSSR count). The van der Waals surface area contributed by atoms with Crippen LogP contribution in [0.25, 0.3) is 0 Å². The average molecular weight is 452 g/mol. The van der Waals surface area contributed by atoms with Crippen LogP contribution >= 0.6 is 0 Å². The van der Waals surface area contributed by atoms with Crippen molar-refractivity contribution in [3.8, 4) is 11.5 Å². The van der Waals surface area contributed by atoms with Gasteiger partial charge in [-0.2, -0.15) is 0 Å². The number of benzene rings is 2. The minimum Gasteiger partial charge on any atom is -0.494 e. The molecule has 0 aliphatic rings. The fraction of sp³-hybridized carbons (Fsp3) is 0.308. The van der Waals surface area contributed by atoms with Crippen LogP contribution in [-0.4, -0.2) is 38.1 Å². The summed E-state index contributed by atoms with van der Waals surface area (Å²) >= 11 is 0. The van der Waals surface area contributed by atoms with E-state index >= 15 is 0 Å². The molecule has 0 spiro atoms. The van der Waals surface area contributed by atoms with Crippen molar-refractivity contribution in [1.29, 1.82) is 0 Å². The lowest BCUT2D eigenvalue weighted by Gasteiger charge is -2.12. The van der Waals surface area contributed by atoms with Crippen molar-refractivity contribution >= 4 is 23.2 Å². The summed E-state index contributed by atoms with van der Waals surface area (Å²) in [5.41, 5.74) is 1.83. The van der Waals surface area contributed by atoms with Gasteiger partial charge in [-0.1, -0.05) is 25.3 Å². The van der Waals surface area contributed by atoms with Crippen LogP contribution < -0.4 is 25.4 Å². The molecule has 0 aromatic heterocycles. The number of nitrogens with one attached hydrogen (secondary N) is 3. The van der Waals surface area contributed by atoms with Gasteiger partial charge < -0.3 is 25.4 Å². The van der Waals surface area contributed by atoms with E-state index in [4.69, 9.17) is 9.47 Å². The highest BCUT2D eigenvalue weighted by molar-refractivity contribution is 5.87. The molecule has 0 unspecified atom stereocenters. The molecule has 33 heavy (non-hydrogen) atoms. The molecule has 0 aliphatic carbocycles. The Labute approximate surface area is 195 Å². The van der Waals surface area contributed by atoms with Gasteiger partial charge in [0.1, 0.15) is 11.5 Å². The van der Waals surface area contributed by atoms with E-state index in [-0.39, 0.29) is 11.8 Å². The molecule has 7 nitrogen and oxygen atoms in total. The van der Waals surface area contributed by atoms with Crippen LogP contribution in [0, 0.1) is 0 Å². The number of carbonyl (C=O) groups excluding carboxylic acids is 2. The maximum absolute atomic E-state index is 11.1. The summed E-state index contributed by atoms with van der Waals surface area (Å²) in [7, 11) is 0. The lowest BCUT2D eigenvalue weighted by Crippen LogP contribution is -2.22. The average Bonchev–Trinajstić information content (AvgIpc) is 2.83. The molecule has 2 aromatic rings. The highest BCUT2D eigenvalue weighted by Crippen LogP contribution is 2.24. The topological polar surface area (TPSA) is 88.7 Å². The molecule has 0 aliphatic heterocycles. The lowest BCUT2D eigenvalue weighted by atomic mass is 10.2. The Morgan fingerprint density at radius 1 is 0.727 bits per heavy atom. The molecular weight excluding hydrogens is 418 g/mol. The number of unbranched alkanes of at least 4 members (excludes halogenated alkanes) is 2. The van der Waals surface area contributed by atoms with E-state index in [0.29, 0.717) is 26.3 Å². The monoisotopic (exact) mass is 451 g/mol. The van der Waals surface area contributed by atoms with Gasteiger partial charge in [-0.05, 0) is 62.1 Å². The largest absolute Gasteiger partial charge is 0.494 e. The first-order chi connectivity index (χ1) is 16.1. The molecule has 2 amide bonds. The van der Waals surface area contributed by atoms with E-state index in [1.165, 1.54) is 12.2 Å². The summed E-state index contributed by atoms with van der Waals surface area (Å²) in [6.07, 6.45) is 5.91. The molecule has 0 radical (unpaired) electrons. The fourth-order valence-electron chi connectivity index (χ4n) is 2.90. The summed E-state index contributed by atoms with van der Waals surface area (Å²) in [5, 5.41) is 8.87. The minimum absolute atomic E-state index is 0.154. The molecule has 0 fully saturated rings. The molecule has 3 N–H and O–H groups in total. The van der Waals surface area contributed by atoms with Crippen molar-refractivity contribution in [2.24, 2.45) is 0 Å². The standard InChI is InChI=1S/C26H33N3O4/c1-3-25(30)27-15-5-7-17-32-23-13-9-11-21(19-23)29-22-12-10-14-24(20-22)33-18-8-6-16-28-26(31)4-2/h3-4,9-14,19-20,29H,1-2,5-8,15-18H2,(H,27,30)(H,28,31). The Morgan fingerprint density at radius 3 is 1.61 bits per heavy atom. The lowest BCUT2D eigenvalue weighted by molar-refractivity contribution is -0.117. The van der Waals surface area contributed by atoms with Crippen LogP contribution in [0.1, 0.15) is 25.7 Å². The number of amides is 2. The van der Waals surface area contributed by atoms with Crippen molar-refractivity contribution in [2.75, 3.05) is 31.6 Å². The van der Waals surface area contributed by atoms with E-state index in [9.17, 15) is 9.59 Å². The SMILES string of the molecule is C=CC(=O)NCCCCOc1cccc(Nc2cccc(OCCCCNC(=O)C=C)c2)c1. The smallest absolute Gasteiger partial charge is 0.243 e. The first-order valence-corrected chi connectivity index (χ1v) is 11.1. The van der Waals surface area contributed by atoms with Crippen LogP contribution in [0.5, 0.6) is 11.5 Å². The number of carbonyl (C=O) groups is 2. The summed E-state index contributed by atoms with van der Waals surface area (Å²) in [5.74, 6) is 1.26. The number of rotatable bonds is 16. The van der Waals surface area contributed by atoms with Crippen molar-refractivity contribution in [3.05, 3.63) is 73.8 Å². The van der Waals surface area contributed by atoms with Crippen molar-refractivity contribution in [3.63, 3.8) is 0 Å². The molecule has 2 aromatic carbocycles. The Morgan fingerprint density at radius 2 is 1.18 bits per heavy atom. The third-order valence-corrected chi connectivity index (χ3v) is 4.61. The fourth-order valence-corrected chi connectivity index (χ4v) is 2.90. The van der Waals surface area contributed by atoms with Gasteiger partial charge in [0.25, 0.3) is 0 Å². The van der Waals surface area contributed by atoms with Gasteiger partial charge in [0, 0.05) is 36.6 Å². The Kier molecular flexibility index (Phi) is 11.7. The Hall–Kier alpha value is -3.74. The van der Waals surface area contributed by atoms with E-state index in [1.807, 2.05) is 48.5 Å². The highest BCUT2D eigenvalue weighted by Gasteiger charge is 2.02. The van der Waals surface area contributed by atoms with E-state index in [2.05, 4.69) is 29.1 Å². The molecule has 0 atom stereocenters. The second kappa shape index (κ2) is 15.1. The van der Waals surface area contributed by atoms with Gasteiger partial charge in [0.2, 0.25) is 11.8 Å². The summed E-state index contributed by atoms with van der Waals surface area (Å²) in [4.78, 5) is 22.2. The predicted octanol–water partition coefficient (Wildman–Crippen LogP) is 4.35. The van der Waals surface area contributed by atoms with Crippen LogP contribution in [0.3, 0.4) is 0 Å². The van der Waals surface area contributed by atoms with E-state index in [1.54, 1.807) is 0 Å². The molecule has 7 heteroatoms. The van der Waals surface area contributed by atoms with Gasteiger partial charge in [0.15, 0.2) is 0 Å². The molecule has 0 bridgehead atoms. The zero-order valence-electron chi connectivity index (χ0n) is 19.0. The van der Waals surface area contributed by atoms with Gasteiger partial charge in [0.05, 0.1) is 13.2 Å². The third-order valence-electron chi connectivity index (χ3n) is 4.61. The predicted molar refractivity (Wildman–Crippen MR) is 132 cm³/mol. The van der Waals surface area contributed by atoms with Crippen molar-refractivity contribution in [2.45, 2.75) is 25.7 Å². The van der Waals surface area contributed by atoms with Gasteiger partial charge in [-0.25, -0.2) is 0 Å². The summed E-state index contributed by atoms with van der Waals surface area (Å²) < 4.78 is 11.6. The first-order valence-electron chi connectivity index (χ1n) is 11.1. The zero-order chi connectivity index (χ0) is 23.7. The van der Waals surface area contributed by atoms with Crippen molar-refractivity contribution in [1.82, 2.24) is 10.6 Å². The second-order valence-corrected chi connectivity index (χ2v) is 7.28. The van der Waals surface area contributed by atoms with Crippen molar-refractivity contribution < 1.29 is 19.1 Å². The van der Waals surface area contributed by atoms with E-state index < -0.39 is 0 Å². The number of hydrogen-bond acceptors (Lipinski definition) is 5. The maximum Gasteiger partial charge on any atom is 0.243 e. The number of anilines is 2. The van der Waals surface area contributed by atoms with Crippen LogP contribution in [0.2, 0.25) is 0 Å². The number of ether oxygens (including phenoxy) is 2. The van der Waals surface area contributed by atoms with Crippen LogP contribution in [-0.2, 0) is 9.59 Å². The second-order valence-electron chi connectivity index (χ2n) is 7.28. The quantitative estimate of drug-likeness (QED) is 0.261. The highest BCUT2D eigenvalue weighted by atomic mass is 16.5. The normalized spacial score (nSPS) is 10.1. The van der Waals surface area contributed by atoms with E-state index in [0.717, 1.165) is 48.6 Å². The van der Waals surface area contributed by atoms with Gasteiger partial charge >= 0.3 is 0 Å². The molecule has 0 saturated carbocycles.